The number of aryl methyl sites for hydroxylation is 1. The van der Waals surface area contributed by atoms with E-state index in [9.17, 15) is 9.90 Å². The number of unbranched alkanes of at least 4 members (excludes halogenated alkanes) is 1. The van der Waals surface area contributed by atoms with Crippen molar-refractivity contribution in [3.8, 4) is 0 Å². The first kappa shape index (κ1) is 24.0. The third-order valence-corrected chi connectivity index (χ3v) is 6.17. The molecule has 0 amide bonds. The summed E-state index contributed by atoms with van der Waals surface area (Å²) in [6.45, 7) is 8.89. The van der Waals surface area contributed by atoms with Crippen molar-refractivity contribution in [3.05, 3.63) is 35.4 Å². The summed E-state index contributed by atoms with van der Waals surface area (Å²) in [7, 11) is 1.43. The molecule has 0 aromatic heterocycles. The lowest BCUT2D eigenvalue weighted by molar-refractivity contribution is -0.140. The van der Waals surface area contributed by atoms with E-state index in [1.54, 1.807) is 0 Å². The minimum atomic E-state index is -0.202. The number of benzene rings is 1. The highest BCUT2D eigenvalue weighted by atomic mass is 32.2. The van der Waals surface area contributed by atoms with Crippen LogP contribution in [-0.2, 0) is 21.7 Å². The van der Waals surface area contributed by atoms with Crippen LogP contribution in [0.1, 0.15) is 70.9 Å². The molecule has 1 aromatic carbocycles. The number of carbonyl (C=O) groups is 1. The van der Waals surface area contributed by atoms with Crippen molar-refractivity contribution < 1.29 is 14.6 Å². The first-order chi connectivity index (χ1) is 12.8. The molecule has 1 rings (SSSR count). The molecule has 1 N–H and O–H groups in total. The molecule has 2 atom stereocenters. The number of aliphatic hydroxyl groups excluding tert-OH is 1. The Hall–Kier alpha value is -1.00. The lowest BCUT2D eigenvalue weighted by Crippen LogP contribution is -2.32. The topological polar surface area (TPSA) is 46.5 Å². The Morgan fingerprint density at radius 3 is 2.56 bits per heavy atom. The molecule has 3 nitrogen and oxygen atoms in total. The van der Waals surface area contributed by atoms with Crippen molar-refractivity contribution in [1.82, 2.24) is 0 Å². The van der Waals surface area contributed by atoms with Crippen LogP contribution in [0.5, 0.6) is 0 Å². The molecule has 0 fully saturated rings. The minimum Gasteiger partial charge on any atom is -0.469 e. The quantitative estimate of drug-likeness (QED) is 0.369. The lowest BCUT2D eigenvalue weighted by atomic mass is 9.74. The Bertz CT molecular complexity index is 551. The van der Waals surface area contributed by atoms with Crippen LogP contribution in [0.4, 0.5) is 0 Å². The summed E-state index contributed by atoms with van der Waals surface area (Å²) in [6.07, 6.45) is 5.13. The first-order valence-electron chi connectivity index (χ1n) is 10.2. The molecule has 0 aliphatic carbocycles. The molecule has 27 heavy (non-hydrogen) atoms. The predicted octanol–water partition coefficient (Wildman–Crippen LogP) is 5.63. The standard InChI is InChI=1S/C23H38O3S/c1-6-7-11-21(24)20(23(2,3)4)14-15-27-17-19-10-8-9-18(16-19)12-13-22(25)26-5/h8-10,16,20-21,24H,6-7,11-15,17H2,1-5H3. The number of aliphatic hydroxyl groups is 1. The Labute approximate surface area is 170 Å². The highest BCUT2D eigenvalue weighted by Gasteiger charge is 2.30. The van der Waals surface area contributed by atoms with Crippen LogP contribution < -0.4 is 0 Å². The van der Waals surface area contributed by atoms with Gasteiger partial charge in [0.2, 0.25) is 0 Å². The first-order valence-corrected chi connectivity index (χ1v) is 11.3. The van der Waals surface area contributed by atoms with Gasteiger partial charge in [-0.25, -0.2) is 0 Å². The molecule has 0 aliphatic heterocycles. The third-order valence-electron chi connectivity index (χ3n) is 5.11. The van der Waals surface area contributed by atoms with Gasteiger partial charge in [-0.3, -0.25) is 4.79 Å². The monoisotopic (exact) mass is 394 g/mol. The maximum Gasteiger partial charge on any atom is 0.305 e. The van der Waals surface area contributed by atoms with Crippen molar-refractivity contribution in [2.75, 3.05) is 12.9 Å². The number of methoxy groups -OCH3 is 1. The fourth-order valence-corrected chi connectivity index (χ4v) is 4.42. The van der Waals surface area contributed by atoms with Gasteiger partial charge in [-0.05, 0) is 47.5 Å². The molecule has 154 valence electrons. The summed E-state index contributed by atoms with van der Waals surface area (Å²) in [4.78, 5) is 11.3. The Morgan fingerprint density at radius 1 is 1.22 bits per heavy atom. The summed E-state index contributed by atoms with van der Waals surface area (Å²) >= 11 is 1.93. The van der Waals surface area contributed by atoms with Gasteiger partial charge >= 0.3 is 5.97 Å². The van der Waals surface area contributed by atoms with Crippen LogP contribution >= 0.6 is 11.8 Å². The largest absolute Gasteiger partial charge is 0.469 e. The molecule has 2 unspecified atom stereocenters. The number of ether oxygens (including phenoxy) is 1. The molecule has 0 spiro atoms. The number of hydrogen-bond donors (Lipinski definition) is 1. The summed E-state index contributed by atoms with van der Waals surface area (Å²) in [5.74, 6) is 2.19. The van der Waals surface area contributed by atoms with E-state index in [1.807, 2.05) is 11.8 Å². The molecule has 0 radical (unpaired) electrons. The second-order valence-electron chi connectivity index (χ2n) is 8.42. The summed E-state index contributed by atoms with van der Waals surface area (Å²) < 4.78 is 4.71. The Morgan fingerprint density at radius 2 is 1.93 bits per heavy atom. The molecule has 0 heterocycles. The van der Waals surface area contributed by atoms with Gasteiger partial charge < -0.3 is 9.84 Å². The third kappa shape index (κ3) is 9.66. The van der Waals surface area contributed by atoms with Crippen LogP contribution in [0.2, 0.25) is 0 Å². The summed E-state index contributed by atoms with van der Waals surface area (Å²) in [5.41, 5.74) is 2.60. The average molecular weight is 395 g/mol. The van der Waals surface area contributed by atoms with Crippen LogP contribution in [0.3, 0.4) is 0 Å². The van der Waals surface area contributed by atoms with Crippen molar-refractivity contribution >= 4 is 17.7 Å². The van der Waals surface area contributed by atoms with E-state index in [1.165, 1.54) is 18.2 Å². The highest BCUT2D eigenvalue weighted by Crippen LogP contribution is 2.34. The summed E-state index contributed by atoms with van der Waals surface area (Å²) in [6, 6.07) is 8.46. The van der Waals surface area contributed by atoms with Crippen molar-refractivity contribution in [2.24, 2.45) is 11.3 Å². The van der Waals surface area contributed by atoms with Gasteiger partial charge in [0.1, 0.15) is 0 Å². The average Bonchev–Trinajstić information content (AvgIpc) is 2.63. The van der Waals surface area contributed by atoms with Gasteiger partial charge in [0, 0.05) is 12.2 Å². The second-order valence-corrected chi connectivity index (χ2v) is 9.52. The number of carbonyl (C=O) groups excluding carboxylic acids is 1. The van der Waals surface area contributed by atoms with E-state index < -0.39 is 0 Å². The normalized spacial score (nSPS) is 14.0. The van der Waals surface area contributed by atoms with E-state index >= 15 is 0 Å². The molecule has 0 aliphatic rings. The molecular formula is C23H38O3S. The SMILES string of the molecule is CCCCC(O)C(CCSCc1cccc(CCC(=O)OC)c1)C(C)(C)C. The van der Waals surface area contributed by atoms with E-state index in [2.05, 4.69) is 52.0 Å². The fourth-order valence-electron chi connectivity index (χ4n) is 3.44. The Balaban J connectivity index is 2.47. The molecule has 0 saturated heterocycles. The predicted molar refractivity (Wildman–Crippen MR) is 116 cm³/mol. The molecular weight excluding hydrogens is 356 g/mol. The lowest BCUT2D eigenvalue weighted by Gasteiger charge is -2.34. The van der Waals surface area contributed by atoms with Crippen LogP contribution in [0.15, 0.2) is 24.3 Å². The van der Waals surface area contributed by atoms with Crippen LogP contribution in [-0.4, -0.2) is 30.0 Å². The number of rotatable bonds is 12. The van der Waals surface area contributed by atoms with Crippen LogP contribution in [0.25, 0.3) is 0 Å². The zero-order valence-electron chi connectivity index (χ0n) is 17.8. The van der Waals surface area contributed by atoms with Crippen LogP contribution in [0, 0.1) is 11.3 Å². The van der Waals surface area contributed by atoms with Gasteiger partial charge in [-0.2, -0.15) is 11.8 Å². The maximum atomic E-state index is 11.3. The molecule has 0 bridgehead atoms. The van der Waals surface area contributed by atoms with E-state index in [4.69, 9.17) is 4.74 Å². The second kappa shape index (κ2) is 12.5. The number of hydrogen-bond acceptors (Lipinski definition) is 4. The van der Waals surface area contributed by atoms with E-state index in [0.717, 1.165) is 43.6 Å². The minimum absolute atomic E-state index is 0.127. The van der Waals surface area contributed by atoms with Gasteiger partial charge in [-0.15, -0.1) is 0 Å². The number of thioether (sulfide) groups is 1. The molecule has 1 aromatic rings. The Kier molecular flexibility index (Phi) is 11.1. The zero-order chi connectivity index (χ0) is 20.3. The molecule has 4 heteroatoms. The van der Waals surface area contributed by atoms with E-state index in [-0.39, 0.29) is 17.5 Å². The van der Waals surface area contributed by atoms with E-state index in [0.29, 0.717) is 12.3 Å². The maximum absolute atomic E-state index is 11.3. The fraction of sp³-hybridized carbons (Fsp3) is 0.696. The van der Waals surface area contributed by atoms with Crippen molar-refractivity contribution in [3.63, 3.8) is 0 Å². The number of esters is 1. The summed E-state index contributed by atoms with van der Waals surface area (Å²) in [5, 5.41) is 10.6. The van der Waals surface area contributed by atoms with Gasteiger partial charge in [0.05, 0.1) is 13.2 Å². The highest BCUT2D eigenvalue weighted by molar-refractivity contribution is 7.98. The smallest absolute Gasteiger partial charge is 0.305 e. The zero-order valence-corrected chi connectivity index (χ0v) is 18.6. The van der Waals surface area contributed by atoms with Gasteiger partial charge in [0.15, 0.2) is 0 Å². The molecule has 0 saturated carbocycles. The van der Waals surface area contributed by atoms with Crippen molar-refractivity contribution in [2.45, 2.75) is 78.1 Å². The van der Waals surface area contributed by atoms with Gasteiger partial charge in [0.25, 0.3) is 0 Å². The van der Waals surface area contributed by atoms with Gasteiger partial charge in [-0.1, -0.05) is 64.8 Å². The van der Waals surface area contributed by atoms with Crippen molar-refractivity contribution in [1.29, 1.82) is 0 Å².